The van der Waals surface area contributed by atoms with Crippen LogP contribution >= 0.6 is 0 Å². The van der Waals surface area contributed by atoms with Gasteiger partial charge in [-0.2, -0.15) is 0 Å². The van der Waals surface area contributed by atoms with Crippen LogP contribution in [-0.2, 0) is 11.3 Å². The maximum Gasteiger partial charge on any atom is 0.338 e. The summed E-state index contributed by atoms with van der Waals surface area (Å²) in [5.74, 6) is 0.414. The minimum absolute atomic E-state index is 0.0788. The van der Waals surface area contributed by atoms with Crippen molar-refractivity contribution in [2.45, 2.75) is 12.6 Å². The summed E-state index contributed by atoms with van der Waals surface area (Å²) in [5, 5.41) is 22.3. The van der Waals surface area contributed by atoms with Crippen molar-refractivity contribution in [1.29, 1.82) is 0 Å². The Kier molecular flexibility index (Phi) is 5.36. The summed E-state index contributed by atoms with van der Waals surface area (Å²) in [5.41, 5.74) is 1.40. The number of carbonyl (C=O) groups excluding carboxylic acids is 1. The highest BCUT2D eigenvalue weighted by Crippen LogP contribution is 2.42. The molecule has 0 saturated carbocycles. The second kappa shape index (κ2) is 7.73. The normalized spacial score (nSPS) is 15.6. The number of β-amino-alcohol motifs (C(OH)–C–C–N with tert-alkyl or cyclic N) is 1. The van der Waals surface area contributed by atoms with Crippen molar-refractivity contribution >= 4 is 17.3 Å². The van der Waals surface area contributed by atoms with E-state index in [4.69, 9.17) is 9.47 Å². The quantitative estimate of drug-likeness (QED) is 0.472. The van der Waals surface area contributed by atoms with E-state index < -0.39 is 17.0 Å². The van der Waals surface area contributed by atoms with Crippen molar-refractivity contribution in [2.75, 3.05) is 32.8 Å². The zero-order valence-electron chi connectivity index (χ0n) is 15.7. The van der Waals surface area contributed by atoms with Gasteiger partial charge in [0.05, 0.1) is 31.8 Å². The molecular weight excluding hydrogens is 368 g/mol. The number of ether oxygens (including phenoxy) is 3. The smallest absolute Gasteiger partial charge is 0.338 e. The van der Waals surface area contributed by atoms with Gasteiger partial charge in [-0.05, 0) is 24.3 Å². The van der Waals surface area contributed by atoms with E-state index in [1.807, 2.05) is 0 Å². The molecule has 9 heteroatoms. The second-order valence-electron chi connectivity index (χ2n) is 6.21. The molecule has 1 heterocycles. The number of benzene rings is 2. The molecule has 0 aromatic heterocycles. The van der Waals surface area contributed by atoms with Crippen molar-refractivity contribution in [2.24, 2.45) is 0 Å². The third-order valence-corrected chi connectivity index (χ3v) is 4.72. The highest BCUT2D eigenvalue weighted by molar-refractivity contribution is 5.91. The van der Waals surface area contributed by atoms with E-state index in [0.717, 1.165) is 0 Å². The molecule has 0 radical (unpaired) electrons. The Balaban J connectivity index is 2.08. The van der Waals surface area contributed by atoms with E-state index in [9.17, 15) is 20.0 Å². The number of carbonyl (C=O) groups is 1. The molecule has 0 spiro atoms. The number of nitro groups is 1. The number of hydrogen-bond donors (Lipinski definition) is 1. The number of methoxy groups -OCH3 is 3. The van der Waals surface area contributed by atoms with E-state index >= 15 is 0 Å². The molecule has 1 aliphatic heterocycles. The Labute approximate surface area is 161 Å². The number of aliphatic hydroxyl groups excluding tert-OH is 1. The highest BCUT2D eigenvalue weighted by Gasteiger charge is 2.32. The average Bonchev–Trinajstić information content (AvgIpc) is 2.71. The van der Waals surface area contributed by atoms with Crippen molar-refractivity contribution in [3.63, 3.8) is 0 Å². The number of aliphatic hydroxyl groups is 1. The lowest BCUT2D eigenvalue weighted by Crippen LogP contribution is -2.34. The summed E-state index contributed by atoms with van der Waals surface area (Å²) in [6, 6.07) is 7.55. The van der Waals surface area contributed by atoms with E-state index in [0.29, 0.717) is 22.6 Å². The zero-order valence-corrected chi connectivity index (χ0v) is 15.7. The summed E-state index contributed by atoms with van der Waals surface area (Å²) < 4.78 is 15.4. The summed E-state index contributed by atoms with van der Waals surface area (Å²) in [7, 11) is 4.23. The third-order valence-electron chi connectivity index (χ3n) is 4.72. The number of nitrogens with zero attached hydrogens (tertiary/aromatic N) is 2. The van der Waals surface area contributed by atoms with Gasteiger partial charge in [0.1, 0.15) is 23.3 Å². The first kappa shape index (κ1) is 19.4. The predicted octanol–water partition coefficient (Wildman–Crippen LogP) is 2.45. The molecule has 1 aliphatic rings. The van der Waals surface area contributed by atoms with Gasteiger partial charge in [0, 0.05) is 30.3 Å². The molecule has 0 amide bonds. The van der Waals surface area contributed by atoms with Crippen molar-refractivity contribution in [1.82, 2.24) is 0 Å². The summed E-state index contributed by atoms with van der Waals surface area (Å²) in [6.07, 6.45) is -0.936. The number of nitro benzene ring substituents is 1. The standard InChI is InChI=1S/C19H20N2O7/c1-26-16-6-7-17(27-2)18-12(16)9-20(10-15(18)22)13-5-4-11(19(23)28-3)8-14(13)21(24)25/h4-8,15,22H,9-10H2,1-3H3/t15-/m0/s1. The Morgan fingerprint density at radius 3 is 2.46 bits per heavy atom. The van der Waals surface area contributed by atoms with Gasteiger partial charge in [0.2, 0.25) is 0 Å². The predicted molar refractivity (Wildman–Crippen MR) is 100.0 cm³/mol. The fourth-order valence-corrected chi connectivity index (χ4v) is 3.44. The monoisotopic (exact) mass is 388 g/mol. The van der Waals surface area contributed by atoms with Crippen LogP contribution in [-0.4, -0.2) is 43.9 Å². The molecule has 0 fully saturated rings. The molecule has 2 aromatic carbocycles. The molecule has 9 nitrogen and oxygen atoms in total. The number of rotatable bonds is 5. The molecule has 0 saturated heterocycles. The van der Waals surface area contributed by atoms with Gasteiger partial charge in [-0.1, -0.05) is 0 Å². The third kappa shape index (κ3) is 3.31. The highest BCUT2D eigenvalue weighted by atomic mass is 16.6. The van der Waals surface area contributed by atoms with Crippen molar-refractivity contribution in [3.05, 3.63) is 57.1 Å². The van der Waals surface area contributed by atoms with Gasteiger partial charge in [-0.25, -0.2) is 4.79 Å². The topological polar surface area (TPSA) is 111 Å². The van der Waals surface area contributed by atoms with Crippen LogP contribution in [0.5, 0.6) is 11.5 Å². The van der Waals surface area contributed by atoms with Crippen LogP contribution < -0.4 is 14.4 Å². The molecule has 28 heavy (non-hydrogen) atoms. The second-order valence-corrected chi connectivity index (χ2v) is 6.21. The largest absolute Gasteiger partial charge is 0.496 e. The van der Waals surface area contributed by atoms with Crippen LogP contribution in [0.15, 0.2) is 30.3 Å². The zero-order chi connectivity index (χ0) is 20.4. The lowest BCUT2D eigenvalue weighted by Gasteiger charge is -2.35. The minimum atomic E-state index is -0.936. The molecule has 0 bridgehead atoms. The van der Waals surface area contributed by atoms with E-state index in [1.54, 1.807) is 17.0 Å². The lowest BCUT2D eigenvalue weighted by atomic mass is 9.94. The number of fused-ring (bicyclic) bond motifs is 1. The van der Waals surface area contributed by atoms with E-state index in [-0.39, 0.29) is 30.0 Å². The summed E-state index contributed by atoms with van der Waals surface area (Å²) in [6.45, 7) is 0.389. The number of anilines is 1. The van der Waals surface area contributed by atoms with E-state index in [2.05, 4.69) is 4.74 Å². The Hall–Kier alpha value is -3.33. The van der Waals surface area contributed by atoms with Gasteiger partial charge in [-0.15, -0.1) is 0 Å². The number of esters is 1. The fourth-order valence-electron chi connectivity index (χ4n) is 3.44. The first-order valence-electron chi connectivity index (χ1n) is 8.44. The maximum absolute atomic E-state index is 11.7. The Morgan fingerprint density at radius 1 is 1.18 bits per heavy atom. The van der Waals surface area contributed by atoms with Gasteiger partial charge in [0.25, 0.3) is 5.69 Å². The van der Waals surface area contributed by atoms with Crippen LogP contribution in [0.4, 0.5) is 11.4 Å². The summed E-state index contributed by atoms with van der Waals surface area (Å²) >= 11 is 0. The van der Waals surface area contributed by atoms with Gasteiger partial charge >= 0.3 is 5.97 Å². The van der Waals surface area contributed by atoms with Crippen LogP contribution in [0.1, 0.15) is 27.6 Å². The molecule has 2 aromatic rings. The van der Waals surface area contributed by atoms with Gasteiger partial charge in [-0.3, -0.25) is 10.1 Å². The van der Waals surface area contributed by atoms with E-state index in [1.165, 1.54) is 39.5 Å². The van der Waals surface area contributed by atoms with Gasteiger partial charge < -0.3 is 24.2 Å². The first-order chi connectivity index (χ1) is 13.4. The van der Waals surface area contributed by atoms with Crippen LogP contribution in [0, 0.1) is 10.1 Å². The molecule has 0 unspecified atom stereocenters. The van der Waals surface area contributed by atoms with Crippen molar-refractivity contribution in [3.8, 4) is 11.5 Å². The summed E-state index contributed by atoms with van der Waals surface area (Å²) in [4.78, 5) is 24.4. The molecule has 148 valence electrons. The SMILES string of the molecule is COC(=O)c1ccc(N2Cc3c(OC)ccc(OC)c3[C@@H](O)C2)c([N+](=O)[O-])c1. The Bertz CT molecular complexity index is 929. The Morgan fingerprint density at radius 2 is 1.86 bits per heavy atom. The van der Waals surface area contributed by atoms with Crippen LogP contribution in [0.25, 0.3) is 0 Å². The molecule has 1 N–H and O–H groups in total. The van der Waals surface area contributed by atoms with Gasteiger partial charge in [0.15, 0.2) is 0 Å². The molecular formula is C19H20N2O7. The molecule has 0 aliphatic carbocycles. The minimum Gasteiger partial charge on any atom is -0.496 e. The number of hydrogen-bond acceptors (Lipinski definition) is 8. The van der Waals surface area contributed by atoms with Crippen LogP contribution in [0.2, 0.25) is 0 Å². The lowest BCUT2D eigenvalue weighted by molar-refractivity contribution is -0.384. The van der Waals surface area contributed by atoms with Crippen molar-refractivity contribution < 1.29 is 29.0 Å². The fraction of sp³-hybridized carbons (Fsp3) is 0.316. The maximum atomic E-state index is 11.7. The molecule has 3 rings (SSSR count). The van der Waals surface area contributed by atoms with Crippen LogP contribution in [0.3, 0.4) is 0 Å². The average molecular weight is 388 g/mol. The first-order valence-corrected chi connectivity index (χ1v) is 8.44. The molecule has 1 atom stereocenters.